The second-order valence-corrected chi connectivity index (χ2v) is 4.32. The average molecular weight is 237 g/mol. The van der Waals surface area contributed by atoms with E-state index in [2.05, 4.69) is 41.1 Å². The molecule has 1 heterocycles. The van der Waals surface area contributed by atoms with Crippen molar-refractivity contribution in [2.45, 2.75) is 13.5 Å². The van der Waals surface area contributed by atoms with E-state index in [1.807, 2.05) is 25.2 Å². The zero-order valence-electron chi connectivity index (χ0n) is 10.6. The van der Waals surface area contributed by atoms with Crippen LogP contribution < -0.4 is 4.90 Å². The van der Waals surface area contributed by atoms with Crippen LogP contribution in [-0.2, 0) is 6.54 Å². The van der Waals surface area contributed by atoms with E-state index >= 15 is 0 Å². The maximum absolute atomic E-state index is 9.01. The summed E-state index contributed by atoms with van der Waals surface area (Å²) in [6, 6.07) is 14.2. The molecule has 3 nitrogen and oxygen atoms in total. The lowest BCUT2D eigenvalue weighted by Gasteiger charge is -2.20. The summed E-state index contributed by atoms with van der Waals surface area (Å²) < 4.78 is 0. The molecule has 0 bridgehead atoms. The van der Waals surface area contributed by atoms with Crippen LogP contribution in [0.25, 0.3) is 0 Å². The summed E-state index contributed by atoms with van der Waals surface area (Å²) in [5.41, 5.74) is 3.81. The van der Waals surface area contributed by atoms with Gasteiger partial charge in [-0.2, -0.15) is 5.26 Å². The van der Waals surface area contributed by atoms with Gasteiger partial charge in [-0.1, -0.05) is 18.2 Å². The third kappa shape index (κ3) is 2.67. The number of aryl methyl sites for hydroxylation is 1. The molecule has 18 heavy (non-hydrogen) atoms. The van der Waals surface area contributed by atoms with Crippen molar-refractivity contribution in [1.29, 1.82) is 5.26 Å². The minimum absolute atomic E-state index is 0.497. The Morgan fingerprint density at radius 3 is 2.83 bits per heavy atom. The summed E-state index contributed by atoms with van der Waals surface area (Å²) in [6.45, 7) is 2.75. The Kier molecular flexibility index (Phi) is 3.59. The first-order valence-electron chi connectivity index (χ1n) is 5.82. The fraction of sp³-hybridized carbons (Fsp3) is 0.200. The third-order valence-corrected chi connectivity index (χ3v) is 2.85. The maximum atomic E-state index is 9.01. The topological polar surface area (TPSA) is 39.9 Å². The highest BCUT2D eigenvalue weighted by Crippen LogP contribution is 2.17. The lowest BCUT2D eigenvalue weighted by Crippen LogP contribution is -2.17. The molecule has 0 aliphatic carbocycles. The zero-order chi connectivity index (χ0) is 13.0. The van der Waals surface area contributed by atoms with E-state index in [0.717, 1.165) is 11.3 Å². The van der Waals surface area contributed by atoms with Gasteiger partial charge in [0.25, 0.3) is 0 Å². The highest BCUT2D eigenvalue weighted by molar-refractivity contribution is 5.48. The Labute approximate surface area is 107 Å². The molecule has 90 valence electrons. The number of aromatic nitrogens is 1. The molecule has 0 saturated carbocycles. The van der Waals surface area contributed by atoms with Gasteiger partial charge in [-0.3, -0.25) is 0 Å². The first-order chi connectivity index (χ1) is 8.70. The Morgan fingerprint density at radius 1 is 1.28 bits per heavy atom. The molecule has 0 atom stereocenters. The van der Waals surface area contributed by atoms with Crippen molar-refractivity contribution in [2.24, 2.45) is 0 Å². The molecule has 0 saturated heterocycles. The normalized spacial score (nSPS) is 9.83. The largest absolute Gasteiger partial charge is 0.370 e. The number of hydrogen-bond acceptors (Lipinski definition) is 3. The van der Waals surface area contributed by atoms with E-state index in [1.54, 1.807) is 6.20 Å². The van der Waals surface area contributed by atoms with Gasteiger partial charge in [0, 0.05) is 31.0 Å². The molecular formula is C15H15N3. The van der Waals surface area contributed by atoms with E-state index in [0.29, 0.717) is 12.2 Å². The molecule has 1 aromatic carbocycles. The molecule has 0 aliphatic rings. The number of benzene rings is 1. The number of pyridine rings is 1. The fourth-order valence-corrected chi connectivity index (χ4v) is 1.88. The van der Waals surface area contributed by atoms with Gasteiger partial charge in [0.05, 0.1) is 0 Å². The highest BCUT2D eigenvalue weighted by atomic mass is 15.1. The Morgan fingerprint density at radius 2 is 2.11 bits per heavy atom. The molecule has 0 N–H and O–H groups in total. The zero-order valence-corrected chi connectivity index (χ0v) is 10.6. The lowest BCUT2D eigenvalue weighted by atomic mass is 10.1. The van der Waals surface area contributed by atoms with Crippen LogP contribution >= 0.6 is 0 Å². The van der Waals surface area contributed by atoms with Crippen LogP contribution in [0.15, 0.2) is 42.6 Å². The fourth-order valence-electron chi connectivity index (χ4n) is 1.88. The summed E-state index contributed by atoms with van der Waals surface area (Å²) >= 11 is 0. The summed E-state index contributed by atoms with van der Waals surface area (Å²) in [5.74, 6) is 0. The van der Waals surface area contributed by atoms with Crippen LogP contribution in [0.4, 0.5) is 5.69 Å². The van der Waals surface area contributed by atoms with Crippen LogP contribution in [0.2, 0.25) is 0 Å². The molecule has 0 unspecified atom stereocenters. The Balaban J connectivity index is 2.22. The first kappa shape index (κ1) is 12.1. The Hall–Kier alpha value is -2.34. The smallest absolute Gasteiger partial charge is 0.145 e. The van der Waals surface area contributed by atoms with Crippen LogP contribution in [0.3, 0.4) is 0 Å². The SMILES string of the molecule is Cc1cccc(N(C)Cc2cccnc2C#N)c1. The van der Waals surface area contributed by atoms with Crippen molar-refractivity contribution < 1.29 is 0 Å². The van der Waals surface area contributed by atoms with Crippen LogP contribution in [-0.4, -0.2) is 12.0 Å². The van der Waals surface area contributed by atoms with Crippen LogP contribution in [0.1, 0.15) is 16.8 Å². The molecular weight excluding hydrogens is 222 g/mol. The predicted octanol–water partition coefficient (Wildman–Crippen LogP) is 2.90. The van der Waals surface area contributed by atoms with Gasteiger partial charge < -0.3 is 4.90 Å². The van der Waals surface area contributed by atoms with Gasteiger partial charge in [0.2, 0.25) is 0 Å². The second kappa shape index (κ2) is 5.33. The first-order valence-corrected chi connectivity index (χ1v) is 5.82. The number of hydrogen-bond donors (Lipinski definition) is 0. The molecule has 2 rings (SSSR count). The number of anilines is 1. The van der Waals surface area contributed by atoms with Crippen molar-refractivity contribution in [1.82, 2.24) is 4.98 Å². The minimum Gasteiger partial charge on any atom is -0.370 e. The summed E-state index contributed by atoms with van der Waals surface area (Å²) in [4.78, 5) is 6.19. The van der Waals surface area contributed by atoms with Gasteiger partial charge in [0.1, 0.15) is 11.8 Å². The van der Waals surface area contributed by atoms with Gasteiger partial charge in [0.15, 0.2) is 0 Å². The molecule has 0 fully saturated rings. The number of nitrogens with zero attached hydrogens (tertiary/aromatic N) is 3. The molecule has 1 aromatic heterocycles. The number of nitriles is 1. The van der Waals surface area contributed by atoms with Crippen molar-refractivity contribution in [3.8, 4) is 6.07 Å². The van der Waals surface area contributed by atoms with E-state index in [-0.39, 0.29) is 0 Å². The van der Waals surface area contributed by atoms with Gasteiger partial charge in [-0.25, -0.2) is 4.98 Å². The molecule has 0 radical (unpaired) electrons. The minimum atomic E-state index is 0.497. The van der Waals surface area contributed by atoms with Gasteiger partial charge in [-0.05, 0) is 30.7 Å². The average Bonchev–Trinajstić information content (AvgIpc) is 2.39. The molecule has 0 amide bonds. The summed E-state index contributed by atoms with van der Waals surface area (Å²) in [5, 5.41) is 9.01. The van der Waals surface area contributed by atoms with E-state index in [4.69, 9.17) is 5.26 Å². The number of rotatable bonds is 3. The lowest BCUT2D eigenvalue weighted by molar-refractivity contribution is 0.908. The van der Waals surface area contributed by atoms with E-state index in [9.17, 15) is 0 Å². The van der Waals surface area contributed by atoms with Crippen molar-refractivity contribution >= 4 is 5.69 Å². The van der Waals surface area contributed by atoms with Crippen LogP contribution in [0.5, 0.6) is 0 Å². The highest BCUT2D eigenvalue weighted by Gasteiger charge is 2.06. The molecule has 0 spiro atoms. The van der Waals surface area contributed by atoms with Crippen LogP contribution in [0, 0.1) is 18.3 Å². The van der Waals surface area contributed by atoms with Gasteiger partial charge >= 0.3 is 0 Å². The monoisotopic (exact) mass is 237 g/mol. The third-order valence-electron chi connectivity index (χ3n) is 2.85. The standard InChI is InChI=1S/C15H15N3/c1-12-5-3-7-14(9-12)18(2)11-13-6-4-8-17-15(13)10-16/h3-9H,11H2,1-2H3. The van der Waals surface area contributed by atoms with Crippen molar-refractivity contribution in [3.05, 3.63) is 59.4 Å². The van der Waals surface area contributed by atoms with Gasteiger partial charge in [-0.15, -0.1) is 0 Å². The summed E-state index contributed by atoms with van der Waals surface area (Å²) in [6.07, 6.45) is 1.65. The molecule has 2 aromatic rings. The Bertz CT molecular complexity index is 584. The second-order valence-electron chi connectivity index (χ2n) is 4.32. The molecule has 3 heteroatoms. The summed E-state index contributed by atoms with van der Waals surface area (Å²) in [7, 11) is 2.02. The quantitative estimate of drug-likeness (QED) is 0.824. The predicted molar refractivity (Wildman–Crippen MR) is 72.2 cm³/mol. The van der Waals surface area contributed by atoms with Crippen molar-refractivity contribution in [2.75, 3.05) is 11.9 Å². The van der Waals surface area contributed by atoms with E-state index in [1.165, 1.54) is 5.56 Å². The van der Waals surface area contributed by atoms with Crippen molar-refractivity contribution in [3.63, 3.8) is 0 Å². The molecule has 0 aliphatic heterocycles. The maximum Gasteiger partial charge on any atom is 0.145 e. The van der Waals surface area contributed by atoms with E-state index < -0.39 is 0 Å².